The van der Waals surface area contributed by atoms with Crippen LogP contribution in [0.4, 0.5) is 5.69 Å². The van der Waals surface area contributed by atoms with Crippen molar-refractivity contribution in [1.29, 1.82) is 0 Å². The van der Waals surface area contributed by atoms with Crippen LogP contribution in [0.2, 0.25) is 5.02 Å². The summed E-state index contributed by atoms with van der Waals surface area (Å²) >= 11 is 9.27. The minimum atomic E-state index is 0.634. The third kappa shape index (κ3) is 2.51. The van der Waals surface area contributed by atoms with Gasteiger partial charge < -0.3 is 10.1 Å². The first-order chi connectivity index (χ1) is 6.19. The maximum absolute atomic E-state index is 5.88. The predicted octanol–water partition coefficient (Wildman–Crippen LogP) is 3.54. The highest BCUT2D eigenvalue weighted by Crippen LogP contribution is 2.36. The van der Waals surface area contributed by atoms with E-state index >= 15 is 0 Å². The lowest BCUT2D eigenvalue weighted by molar-refractivity contribution is 0.340. The highest BCUT2D eigenvalue weighted by molar-refractivity contribution is 9.10. The van der Waals surface area contributed by atoms with Gasteiger partial charge in [0.1, 0.15) is 0 Å². The Kier molecular flexibility index (Phi) is 3.88. The zero-order valence-electron chi connectivity index (χ0n) is 7.53. The van der Waals surface area contributed by atoms with Crippen molar-refractivity contribution in [1.82, 2.24) is 0 Å². The molecular weight excluding hydrogens is 253 g/mol. The number of nitrogens with one attached hydrogen (secondary N) is 1. The van der Waals surface area contributed by atoms with Crippen molar-refractivity contribution < 1.29 is 4.74 Å². The number of halogens is 2. The maximum Gasteiger partial charge on any atom is 0.156 e. The van der Waals surface area contributed by atoms with Crippen molar-refractivity contribution in [2.75, 3.05) is 19.0 Å². The molecule has 0 aliphatic rings. The van der Waals surface area contributed by atoms with Crippen LogP contribution >= 0.6 is 27.5 Å². The molecule has 1 aromatic rings. The number of rotatable bonds is 3. The van der Waals surface area contributed by atoms with Crippen molar-refractivity contribution in [3.8, 4) is 5.75 Å². The molecule has 1 aromatic carbocycles. The van der Waals surface area contributed by atoms with E-state index in [0.29, 0.717) is 11.6 Å². The Hall–Kier alpha value is -0.410. The van der Waals surface area contributed by atoms with Crippen LogP contribution in [0.1, 0.15) is 6.92 Å². The first-order valence-electron chi connectivity index (χ1n) is 3.98. The molecule has 0 atom stereocenters. The summed E-state index contributed by atoms with van der Waals surface area (Å²) in [5, 5.41) is 3.70. The van der Waals surface area contributed by atoms with Gasteiger partial charge in [-0.25, -0.2) is 0 Å². The normalized spacial score (nSPS) is 9.85. The lowest BCUT2D eigenvalue weighted by Gasteiger charge is -2.11. The van der Waals surface area contributed by atoms with E-state index in [4.69, 9.17) is 16.3 Å². The Morgan fingerprint density at radius 2 is 2.23 bits per heavy atom. The summed E-state index contributed by atoms with van der Waals surface area (Å²) in [4.78, 5) is 0. The third-order valence-electron chi connectivity index (χ3n) is 1.57. The van der Waals surface area contributed by atoms with Crippen LogP contribution in [0.3, 0.4) is 0 Å². The summed E-state index contributed by atoms with van der Waals surface area (Å²) in [5.41, 5.74) is 0.890. The molecule has 13 heavy (non-hydrogen) atoms. The first-order valence-corrected chi connectivity index (χ1v) is 5.15. The van der Waals surface area contributed by atoms with E-state index in [2.05, 4.69) is 21.2 Å². The quantitative estimate of drug-likeness (QED) is 0.901. The van der Waals surface area contributed by atoms with E-state index in [1.807, 2.05) is 26.1 Å². The van der Waals surface area contributed by atoms with E-state index in [1.165, 1.54) is 0 Å². The SMILES string of the molecule is CCOc1c(Br)cc(Cl)cc1NC. The molecule has 0 aliphatic carbocycles. The highest BCUT2D eigenvalue weighted by Gasteiger charge is 2.07. The van der Waals surface area contributed by atoms with Crippen LogP contribution in [0, 0.1) is 0 Å². The van der Waals surface area contributed by atoms with Crippen LogP contribution < -0.4 is 10.1 Å². The van der Waals surface area contributed by atoms with Crippen molar-refractivity contribution in [3.05, 3.63) is 21.6 Å². The van der Waals surface area contributed by atoms with Crippen LogP contribution in [-0.2, 0) is 0 Å². The van der Waals surface area contributed by atoms with E-state index in [1.54, 1.807) is 0 Å². The van der Waals surface area contributed by atoms with Gasteiger partial charge >= 0.3 is 0 Å². The number of hydrogen-bond acceptors (Lipinski definition) is 2. The van der Waals surface area contributed by atoms with Crippen LogP contribution in [0.15, 0.2) is 16.6 Å². The molecule has 0 aromatic heterocycles. The minimum Gasteiger partial charge on any atom is -0.491 e. The molecule has 0 heterocycles. The fraction of sp³-hybridized carbons (Fsp3) is 0.333. The number of ether oxygens (including phenoxy) is 1. The summed E-state index contributed by atoms with van der Waals surface area (Å²) in [6.07, 6.45) is 0. The predicted molar refractivity (Wildman–Crippen MR) is 59.9 cm³/mol. The molecule has 0 fully saturated rings. The van der Waals surface area contributed by atoms with Crippen molar-refractivity contribution >= 4 is 33.2 Å². The smallest absolute Gasteiger partial charge is 0.156 e. The summed E-state index contributed by atoms with van der Waals surface area (Å²) < 4.78 is 6.31. The Balaban J connectivity index is 3.13. The molecule has 4 heteroatoms. The Labute approximate surface area is 91.4 Å². The third-order valence-corrected chi connectivity index (χ3v) is 2.37. The topological polar surface area (TPSA) is 21.3 Å². The van der Waals surface area contributed by atoms with Gasteiger partial charge in [-0.1, -0.05) is 11.6 Å². The van der Waals surface area contributed by atoms with Gasteiger partial charge in [0.2, 0.25) is 0 Å². The molecule has 2 nitrogen and oxygen atoms in total. The molecule has 1 N–H and O–H groups in total. The van der Waals surface area contributed by atoms with Gasteiger partial charge in [0.15, 0.2) is 5.75 Å². The molecule has 72 valence electrons. The van der Waals surface area contributed by atoms with Gasteiger partial charge in [-0.2, -0.15) is 0 Å². The molecule has 0 unspecified atom stereocenters. The molecule has 0 saturated carbocycles. The van der Waals surface area contributed by atoms with Gasteiger partial charge in [0.05, 0.1) is 16.8 Å². The van der Waals surface area contributed by atoms with E-state index in [-0.39, 0.29) is 0 Å². The molecular formula is C9H11BrClNO. The molecule has 0 bridgehead atoms. The second kappa shape index (κ2) is 4.72. The molecule has 1 rings (SSSR count). The second-order valence-electron chi connectivity index (χ2n) is 2.45. The van der Waals surface area contributed by atoms with Crippen LogP contribution in [-0.4, -0.2) is 13.7 Å². The molecule has 0 radical (unpaired) electrons. The standard InChI is InChI=1S/C9H11BrClNO/c1-3-13-9-7(10)4-6(11)5-8(9)12-2/h4-5,12H,3H2,1-2H3. The van der Waals surface area contributed by atoms with Gasteiger partial charge in [0, 0.05) is 12.1 Å². The Morgan fingerprint density at radius 1 is 1.54 bits per heavy atom. The summed E-state index contributed by atoms with van der Waals surface area (Å²) in [6.45, 7) is 2.58. The summed E-state index contributed by atoms with van der Waals surface area (Å²) in [5.74, 6) is 0.800. The van der Waals surface area contributed by atoms with Crippen LogP contribution in [0.25, 0.3) is 0 Å². The van der Waals surface area contributed by atoms with Gasteiger partial charge in [-0.15, -0.1) is 0 Å². The lowest BCUT2D eigenvalue weighted by Crippen LogP contribution is -1.98. The zero-order valence-corrected chi connectivity index (χ0v) is 9.87. The molecule has 0 saturated heterocycles. The van der Waals surface area contributed by atoms with Crippen molar-refractivity contribution in [2.45, 2.75) is 6.92 Å². The fourth-order valence-corrected chi connectivity index (χ4v) is 1.96. The summed E-state index contributed by atoms with van der Waals surface area (Å²) in [6, 6.07) is 3.64. The largest absolute Gasteiger partial charge is 0.491 e. The average Bonchev–Trinajstić information content (AvgIpc) is 2.09. The van der Waals surface area contributed by atoms with Crippen molar-refractivity contribution in [2.24, 2.45) is 0 Å². The number of anilines is 1. The second-order valence-corrected chi connectivity index (χ2v) is 3.74. The van der Waals surface area contributed by atoms with Crippen LogP contribution in [0.5, 0.6) is 5.75 Å². The zero-order chi connectivity index (χ0) is 9.84. The molecule has 0 aliphatic heterocycles. The highest BCUT2D eigenvalue weighted by atomic mass is 79.9. The van der Waals surface area contributed by atoms with Gasteiger partial charge in [-0.05, 0) is 35.0 Å². The summed E-state index contributed by atoms with van der Waals surface area (Å²) in [7, 11) is 1.83. The first kappa shape index (κ1) is 10.7. The monoisotopic (exact) mass is 263 g/mol. The Morgan fingerprint density at radius 3 is 2.77 bits per heavy atom. The molecule has 0 spiro atoms. The number of hydrogen-bond donors (Lipinski definition) is 1. The van der Waals surface area contributed by atoms with E-state index in [9.17, 15) is 0 Å². The Bertz CT molecular complexity index is 304. The number of benzene rings is 1. The van der Waals surface area contributed by atoms with Gasteiger partial charge in [0.25, 0.3) is 0 Å². The fourth-order valence-electron chi connectivity index (χ4n) is 1.04. The van der Waals surface area contributed by atoms with E-state index in [0.717, 1.165) is 15.9 Å². The lowest BCUT2D eigenvalue weighted by atomic mass is 10.3. The minimum absolute atomic E-state index is 0.634. The molecule has 0 amide bonds. The van der Waals surface area contributed by atoms with Gasteiger partial charge in [-0.3, -0.25) is 0 Å². The maximum atomic E-state index is 5.88. The van der Waals surface area contributed by atoms with Crippen molar-refractivity contribution in [3.63, 3.8) is 0 Å². The van der Waals surface area contributed by atoms with E-state index < -0.39 is 0 Å². The average molecular weight is 265 g/mol.